The summed E-state index contributed by atoms with van der Waals surface area (Å²) in [6.45, 7) is 7.12. The number of nitrogens with one attached hydrogen (secondary N) is 1. The zero-order valence-corrected chi connectivity index (χ0v) is 21.2. The maximum Gasteiger partial charge on any atom is 0.410 e. The number of amides is 2. The second kappa shape index (κ2) is 9.63. The molecule has 2 fully saturated rings. The van der Waals surface area contributed by atoms with Gasteiger partial charge in [-0.3, -0.25) is 4.79 Å². The molecular formula is C28H32N6O3. The third kappa shape index (κ3) is 4.59. The van der Waals surface area contributed by atoms with Crippen LogP contribution in [0.1, 0.15) is 47.1 Å². The van der Waals surface area contributed by atoms with E-state index in [0.717, 1.165) is 72.8 Å². The van der Waals surface area contributed by atoms with Crippen LogP contribution in [0.5, 0.6) is 0 Å². The van der Waals surface area contributed by atoms with Crippen LogP contribution in [0.3, 0.4) is 0 Å². The number of likely N-dealkylation sites (tertiary alicyclic amines) is 1. The minimum atomic E-state index is -0.270. The van der Waals surface area contributed by atoms with Crippen LogP contribution in [0.15, 0.2) is 48.7 Å². The molecule has 37 heavy (non-hydrogen) atoms. The minimum Gasteiger partial charge on any atom is -0.450 e. The number of benzene rings is 1. The standard InChI is InChI=1S/C28H32N6O3/c1-2-37-27(36)32-14-9-21(10-15-32)23-4-3-13-34-25(23)30-24(31-34)16-20-5-7-22(8-6-20)26(35)33-18-28(19-33)11-12-29-17-28/h3-9,13,29H,2,10-12,14-19H2,1H3. The Bertz CT molecular complexity index is 1350. The number of rotatable bonds is 5. The van der Waals surface area contributed by atoms with E-state index in [1.807, 2.05) is 52.9 Å². The summed E-state index contributed by atoms with van der Waals surface area (Å²) < 4.78 is 6.94. The van der Waals surface area contributed by atoms with Gasteiger partial charge in [0.1, 0.15) is 0 Å². The predicted molar refractivity (Wildman–Crippen MR) is 139 cm³/mol. The quantitative estimate of drug-likeness (QED) is 0.579. The Hall–Kier alpha value is -3.72. The Morgan fingerprint density at radius 1 is 1.14 bits per heavy atom. The van der Waals surface area contributed by atoms with Crippen molar-refractivity contribution in [1.29, 1.82) is 0 Å². The molecule has 2 aromatic heterocycles. The summed E-state index contributed by atoms with van der Waals surface area (Å²) in [5.74, 6) is 0.844. The lowest BCUT2D eigenvalue weighted by Crippen LogP contribution is -2.59. The molecule has 1 spiro atoms. The second-order valence-corrected chi connectivity index (χ2v) is 10.3. The number of hydrogen-bond acceptors (Lipinski definition) is 6. The molecule has 0 unspecified atom stereocenters. The molecule has 3 aliphatic rings. The lowest BCUT2D eigenvalue weighted by atomic mass is 9.79. The number of hydrogen-bond donors (Lipinski definition) is 1. The van der Waals surface area contributed by atoms with Crippen LogP contribution in [-0.4, -0.2) is 82.3 Å². The average Bonchev–Trinajstić information content (AvgIpc) is 3.55. The van der Waals surface area contributed by atoms with E-state index in [0.29, 0.717) is 31.5 Å². The average molecular weight is 501 g/mol. The first-order chi connectivity index (χ1) is 18.0. The van der Waals surface area contributed by atoms with Gasteiger partial charge in [0, 0.05) is 61.9 Å². The van der Waals surface area contributed by atoms with Crippen molar-refractivity contribution in [3.63, 3.8) is 0 Å². The first kappa shape index (κ1) is 23.7. The van der Waals surface area contributed by atoms with E-state index >= 15 is 0 Å². The summed E-state index contributed by atoms with van der Waals surface area (Å²) in [5, 5.41) is 8.11. The summed E-state index contributed by atoms with van der Waals surface area (Å²) in [6.07, 6.45) is 6.20. The molecule has 2 amide bonds. The van der Waals surface area contributed by atoms with Gasteiger partial charge in [0.2, 0.25) is 0 Å². The summed E-state index contributed by atoms with van der Waals surface area (Å²) in [6, 6.07) is 11.9. The highest BCUT2D eigenvalue weighted by Gasteiger charge is 2.46. The normalized spacial score (nSPS) is 18.7. The lowest BCUT2D eigenvalue weighted by Gasteiger charge is -2.47. The molecule has 0 saturated carbocycles. The van der Waals surface area contributed by atoms with Gasteiger partial charge in [-0.1, -0.05) is 18.2 Å². The molecule has 192 valence electrons. The van der Waals surface area contributed by atoms with Crippen LogP contribution >= 0.6 is 0 Å². The van der Waals surface area contributed by atoms with Crippen LogP contribution in [-0.2, 0) is 11.2 Å². The van der Waals surface area contributed by atoms with E-state index in [1.54, 1.807) is 4.90 Å². The first-order valence-electron chi connectivity index (χ1n) is 13.1. The molecule has 1 N–H and O–H groups in total. The molecular weight excluding hydrogens is 468 g/mol. The van der Waals surface area contributed by atoms with Gasteiger partial charge in [-0.15, -0.1) is 0 Å². The first-order valence-corrected chi connectivity index (χ1v) is 13.1. The Kier molecular flexibility index (Phi) is 6.16. The molecule has 5 heterocycles. The highest BCUT2D eigenvalue weighted by Crippen LogP contribution is 2.36. The molecule has 9 nitrogen and oxygen atoms in total. The monoisotopic (exact) mass is 500 g/mol. The van der Waals surface area contributed by atoms with E-state index in [4.69, 9.17) is 14.8 Å². The SMILES string of the molecule is CCOC(=O)N1CC=C(c2cccn3nc(Cc4ccc(C(=O)N5CC6(CCNC6)C5)cc4)nc23)CC1. The fraction of sp³-hybridized carbons (Fsp3) is 0.429. The zero-order chi connectivity index (χ0) is 25.4. The Balaban J connectivity index is 1.13. The Morgan fingerprint density at radius 3 is 2.68 bits per heavy atom. The van der Waals surface area contributed by atoms with Crippen molar-refractivity contribution < 1.29 is 14.3 Å². The molecule has 2 saturated heterocycles. The molecule has 0 radical (unpaired) electrons. The van der Waals surface area contributed by atoms with E-state index in [9.17, 15) is 9.59 Å². The molecule has 6 rings (SSSR count). The minimum absolute atomic E-state index is 0.113. The van der Waals surface area contributed by atoms with Crippen molar-refractivity contribution >= 4 is 23.2 Å². The van der Waals surface area contributed by atoms with Crippen LogP contribution in [0.4, 0.5) is 4.79 Å². The third-order valence-corrected chi connectivity index (χ3v) is 7.72. The van der Waals surface area contributed by atoms with Gasteiger partial charge in [-0.25, -0.2) is 14.3 Å². The predicted octanol–water partition coefficient (Wildman–Crippen LogP) is 3.00. The van der Waals surface area contributed by atoms with E-state index in [1.165, 1.54) is 0 Å². The van der Waals surface area contributed by atoms with E-state index in [-0.39, 0.29) is 12.0 Å². The van der Waals surface area contributed by atoms with Crippen LogP contribution in [0.2, 0.25) is 0 Å². The van der Waals surface area contributed by atoms with Crippen LogP contribution < -0.4 is 5.32 Å². The van der Waals surface area contributed by atoms with E-state index in [2.05, 4.69) is 17.5 Å². The van der Waals surface area contributed by atoms with Gasteiger partial charge in [-0.2, -0.15) is 5.10 Å². The van der Waals surface area contributed by atoms with Crippen LogP contribution in [0.25, 0.3) is 11.2 Å². The van der Waals surface area contributed by atoms with Gasteiger partial charge in [-0.05, 0) is 61.7 Å². The molecule has 0 atom stereocenters. The van der Waals surface area contributed by atoms with Gasteiger partial charge < -0.3 is 19.9 Å². The Labute approximate surface area is 216 Å². The van der Waals surface area contributed by atoms with Crippen molar-refractivity contribution in [3.05, 3.63) is 71.2 Å². The molecule has 1 aromatic carbocycles. The lowest BCUT2D eigenvalue weighted by molar-refractivity contribution is 0.0159. The number of ether oxygens (including phenoxy) is 1. The highest BCUT2D eigenvalue weighted by atomic mass is 16.6. The maximum atomic E-state index is 12.9. The zero-order valence-electron chi connectivity index (χ0n) is 21.2. The summed E-state index contributed by atoms with van der Waals surface area (Å²) >= 11 is 0. The molecule has 0 aliphatic carbocycles. The molecule has 0 bridgehead atoms. The molecule has 3 aromatic rings. The second-order valence-electron chi connectivity index (χ2n) is 10.3. The summed E-state index contributed by atoms with van der Waals surface area (Å²) in [5.41, 5.74) is 5.11. The van der Waals surface area contributed by atoms with Crippen molar-refractivity contribution in [2.24, 2.45) is 5.41 Å². The van der Waals surface area contributed by atoms with Gasteiger partial charge in [0.25, 0.3) is 5.91 Å². The van der Waals surface area contributed by atoms with Crippen LogP contribution in [0, 0.1) is 5.41 Å². The van der Waals surface area contributed by atoms with Crippen molar-refractivity contribution in [2.45, 2.75) is 26.2 Å². The molecule has 3 aliphatic heterocycles. The van der Waals surface area contributed by atoms with Crippen molar-refractivity contribution in [2.75, 3.05) is 45.9 Å². The van der Waals surface area contributed by atoms with E-state index < -0.39 is 0 Å². The summed E-state index contributed by atoms with van der Waals surface area (Å²) in [7, 11) is 0. The number of nitrogens with zero attached hydrogens (tertiary/aromatic N) is 5. The number of pyridine rings is 1. The van der Waals surface area contributed by atoms with Gasteiger partial charge in [0.15, 0.2) is 11.5 Å². The third-order valence-electron chi connectivity index (χ3n) is 7.72. The highest BCUT2D eigenvalue weighted by molar-refractivity contribution is 5.95. The summed E-state index contributed by atoms with van der Waals surface area (Å²) in [4.78, 5) is 33.4. The number of fused-ring (bicyclic) bond motifs is 1. The van der Waals surface area contributed by atoms with Crippen molar-refractivity contribution in [1.82, 2.24) is 29.7 Å². The van der Waals surface area contributed by atoms with Crippen molar-refractivity contribution in [3.8, 4) is 0 Å². The number of aromatic nitrogens is 3. The smallest absolute Gasteiger partial charge is 0.410 e. The molecule has 9 heteroatoms. The maximum absolute atomic E-state index is 12.9. The Morgan fingerprint density at radius 2 is 1.97 bits per heavy atom. The topological polar surface area (TPSA) is 92.1 Å². The van der Waals surface area contributed by atoms with Gasteiger partial charge in [0.05, 0.1) is 6.61 Å². The fourth-order valence-electron chi connectivity index (χ4n) is 5.67. The van der Waals surface area contributed by atoms with Gasteiger partial charge >= 0.3 is 6.09 Å². The fourth-order valence-corrected chi connectivity index (χ4v) is 5.67. The number of carbonyl (C=O) groups excluding carboxylic acids is 2. The number of carbonyl (C=O) groups is 2. The largest absolute Gasteiger partial charge is 0.450 e.